The largest absolute Gasteiger partial charge is 0.371 e. The number of hydrogen-bond donors (Lipinski definition) is 1. The molecule has 1 N–H and O–H groups in total. The summed E-state index contributed by atoms with van der Waals surface area (Å²) in [6.45, 7) is 5.06. The topological polar surface area (TPSA) is 15.3 Å². The zero-order valence-electron chi connectivity index (χ0n) is 11.7. The molecule has 0 bridgehead atoms. The summed E-state index contributed by atoms with van der Waals surface area (Å²) in [7, 11) is 0. The van der Waals surface area contributed by atoms with Crippen molar-refractivity contribution in [2.75, 3.05) is 18.0 Å². The Morgan fingerprint density at radius 2 is 2.16 bits per heavy atom. The molecule has 2 aliphatic rings. The molecule has 1 heterocycles. The van der Waals surface area contributed by atoms with E-state index in [1.807, 2.05) is 6.07 Å². The minimum absolute atomic E-state index is 0.0659. The summed E-state index contributed by atoms with van der Waals surface area (Å²) in [5, 5.41) is 3.44. The van der Waals surface area contributed by atoms with Gasteiger partial charge in [-0.3, -0.25) is 0 Å². The molecule has 3 rings (SSSR count). The molecule has 1 aliphatic heterocycles. The monoisotopic (exact) mass is 262 g/mol. The van der Waals surface area contributed by atoms with Crippen molar-refractivity contribution in [2.24, 2.45) is 5.92 Å². The molecule has 3 heteroatoms. The van der Waals surface area contributed by atoms with Crippen molar-refractivity contribution in [3.63, 3.8) is 0 Å². The first-order valence-electron chi connectivity index (χ1n) is 7.50. The lowest BCUT2D eigenvalue weighted by Gasteiger charge is -2.34. The molecule has 1 saturated carbocycles. The minimum atomic E-state index is -0.0659. The maximum absolute atomic E-state index is 14.1. The van der Waals surface area contributed by atoms with Crippen LogP contribution in [-0.2, 0) is 6.54 Å². The Bertz CT molecular complexity index is 442. The third kappa shape index (κ3) is 3.08. The van der Waals surface area contributed by atoms with Gasteiger partial charge in [-0.1, -0.05) is 13.0 Å². The van der Waals surface area contributed by atoms with Gasteiger partial charge in [0.15, 0.2) is 0 Å². The van der Waals surface area contributed by atoms with Crippen LogP contribution >= 0.6 is 0 Å². The highest BCUT2D eigenvalue weighted by Crippen LogP contribution is 2.29. The van der Waals surface area contributed by atoms with Gasteiger partial charge >= 0.3 is 0 Å². The number of piperidine rings is 1. The second-order valence-corrected chi connectivity index (χ2v) is 6.09. The average molecular weight is 262 g/mol. The first-order chi connectivity index (χ1) is 9.24. The maximum atomic E-state index is 14.1. The zero-order valence-corrected chi connectivity index (χ0v) is 11.7. The van der Waals surface area contributed by atoms with Crippen LogP contribution in [0.3, 0.4) is 0 Å². The van der Waals surface area contributed by atoms with E-state index in [2.05, 4.69) is 23.2 Å². The van der Waals surface area contributed by atoms with Gasteiger partial charge in [0.2, 0.25) is 0 Å². The summed E-state index contributed by atoms with van der Waals surface area (Å²) in [5.74, 6) is 0.644. The van der Waals surface area contributed by atoms with Crippen molar-refractivity contribution in [3.8, 4) is 0 Å². The van der Waals surface area contributed by atoms with Crippen LogP contribution in [0.25, 0.3) is 0 Å². The Hall–Kier alpha value is -1.09. The molecule has 1 aromatic rings. The summed E-state index contributed by atoms with van der Waals surface area (Å²) in [4.78, 5) is 2.36. The Kier molecular flexibility index (Phi) is 3.74. The number of rotatable bonds is 4. The molecule has 104 valence electrons. The zero-order chi connectivity index (χ0) is 13.2. The van der Waals surface area contributed by atoms with E-state index in [1.165, 1.54) is 25.7 Å². The van der Waals surface area contributed by atoms with Gasteiger partial charge in [0.05, 0.1) is 0 Å². The van der Waals surface area contributed by atoms with Gasteiger partial charge in [-0.25, -0.2) is 4.39 Å². The maximum Gasteiger partial charge on any atom is 0.129 e. The van der Waals surface area contributed by atoms with Crippen molar-refractivity contribution in [1.82, 2.24) is 5.32 Å². The highest BCUT2D eigenvalue weighted by atomic mass is 19.1. The molecule has 1 atom stereocenters. The quantitative estimate of drug-likeness (QED) is 0.895. The SMILES string of the molecule is CC1CCCN(c2cccc(F)c2CNC2CC2)C1. The fourth-order valence-corrected chi connectivity index (χ4v) is 2.96. The molecule has 19 heavy (non-hydrogen) atoms. The van der Waals surface area contributed by atoms with Crippen LogP contribution in [0.1, 0.15) is 38.2 Å². The van der Waals surface area contributed by atoms with Gasteiger partial charge in [-0.15, -0.1) is 0 Å². The van der Waals surface area contributed by atoms with Crippen molar-refractivity contribution in [1.29, 1.82) is 0 Å². The van der Waals surface area contributed by atoms with Gasteiger partial charge in [-0.2, -0.15) is 0 Å². The Labute approximate surface area is 115 Å². The fraction of sp³-hybridized carbons (Fsp3) is 0.625. The van der Waals surface area contributed by atoms with E-state index in [0.717, 1.165) is 24.3 Å². The summed E-state index contributed by atoms with van der Waals surface area (Å²) in [6, 6.07) is 6.11. The predicted molar refractivity (Wildman–Crippen MR) is 76.9 cm³/mol. The van der Waals surface area contributed by atoms with Crippen LogP contribution in [0.15, 0.2) is 18.2 Å². The van der Waals surface area contributed by atoms with E-state index >= 15 is 0 Å². The van der Waals surface area contributed by atoms with Crippen LogP contribution in [0.4, 0.5) is 10.1 Å². The second kappa shape index (κ2) is 5.49. The lowest BCUT2D eigenvalue weighted by atomic mass is 9.98. The van der Waals surface area contributed by atoms with E-state index < -0.39 is 0 Å². The standard InChI is InChI=1S/C16H23FN2/c1-12-4-3-9-19(11-12)16-6-2-5-15(17)14(16)10-18-13-7-8-13/h2,5-6,12-13,18H,3-4,7-11H2,1H3. The van der Waals surface area contributed by atoms with Gasteiger partial charge in [0.25, 0.3) is 0 Å². The number of halogens is 1. The summed E-state index contributed by atoms with van der Waals surface area (Å²) >= 11 is 0. The van der Waals surface area contributed by atoms with Crippen molar-refractivity contribution in [3.05, 3.63) is 29.6 Å². The lowest BCUT2D eigenvalue weighted by molar-refractivity contribution is 0.444. The molecular formula is C16H23FN2. The van der Waals surface area contributed by atoms with E-state index in [0.29, 0.717) is 18.5 Å². The highest BCUT2D eigenvalue weighted by molar-refractivity contribution is 5.54. The second-order valence-electron chi connectivity index (χ2n) is 6.09. The average Bonchev–Trinajstić information content (AvgIpc) is 3.21. The van der Waals surface area contributed by atoms with Crippen LogP contribution in [0.2, 0.25) is 0 Å². The van der Waals surface area contributed by atoms with E-state index in [-0.39, 0.29) is 5.82 Å². The van der Waals surface area contributed by atoms with Gasteiger partial charge < -0.3 is 10.2 Å². The smallest absolute Gasteiger partial charge is 0.129 e. The summed E-state index contributed by atoms with van der Waals surface area (Å²) in [5.41, 5.74) is 1.95. The van der Waals surface area contributed by atoms with E-state index in [9.17, 15) is 4.39 Å². The predicted octanol–water partition coefficient (Wildman–Crippen LogP) is 3.31. The normalized spacial score (nSPS) is 23.7. The van der Waals surface area contributed by atoms with E-state index in [1.54, 1.807) is 6.07 Å². The fourth-order valence-electron chi connectivity index (χ4n) is 2.96. The third-order valence-electron chi connectivity index (χ3n) is 4.24. The lowest BCUT2D eigenvalue weighted by Crippen LogP contribution is -2.35. The van der Waals surface area contributed by atoms with Gasteiger partial charge in [0.1, 0.15) is 5.82 Å². The van der Waals surface area contributed by atoms with Crippen molar-refractivity contribution < 1.29 is 4.39 Å². The Morgan fingerprint density at radius 3 is 2.89 bits per heavy atom. The van der Waals surface area contributed by atoms with Crippen LogP contribution in [0.5, 0.6) is 0 Å². The number of benzene rings is 1. The first kappa shape index (κ1) is 12.9. The molecule has 0 aromatic heterocycles. The molecule has 1 aromatic carbocycles. The molecule has 0 radical (unpaired) electrons. The van der Waals surface area contributed by atoms with Crippen LogP contribution < -0.4 is 10.2 Å². The molecule has 1 aliphatic carbocycles. The van der Waals surface area contributed by atoms with Gasteiger partial charge in [0, 0.05) is 36.9 Å². The molecule has 2 nitrogen and oxygen atoms in total. The van der Waals surface area contributed by atoms with Gasteiger partial charge in [-0.05, 0) is 43.7 Å². The van der Waals surface area contributed by atoms with E-state index in [4.69, 9.17) is 0 Å². The Morgan fingerprint density at radius 1 is 1.32 bits per heavy atom. The molecule has 1 unspecified atom stereocenters. The number of nitrogens with one attached hydrogen (secondary N) is 1. The molecule has 0 amide bonds. The van der Waals surface area contributed by atoms with Crippen molar-refractivity contribution in [2.45, 2.75) is 45.2 Å². The highest BCUT2D eigenvalue weighted by Gasteiger charge is 2.23. The molecular weight excluding hydrogens is 239 g/mol. The van der Waals surface area contributed by atoms with Crippen molar-refractivity contribution >= 4 is 5.69 Å². The van der Waals surface area contributed by atoms with Crippen LogP contribution in [0, 0.1) is 11.7 Å². The molecule has 1 saturated heterocycles. The summed E-state index contributed by atoms with van der Waals surface area (Å²) < 4.78 is 14.1. The number of nitrogens with zero attached hydrogens (tertiary/aromatic N) is 1. The number of hydrogen-bond acceptors (Lipinski definition) is 2. The first-order valence-corrected chi connectivity index (χ1v) is 7.50. The summed E-state index contributed by atoms with van der Waals surface area (Å²) in [6.07, 6.45) is 4.99. The molecule has 0 spiro atoms. The molecule has 2 fully saturated rings. The third-order valence-corrected chi connectivity index (χ3v) is 4.24. The number of anilines is 1. The minimum Gasteiger partial charge on any atom is -0.371 e. The Balaban J connectivity index is 1.79. The van der Waals surface area contributed by atoms with Crippen LogP contribution in [-0.4, -0.2) is 19.1 Å².